The van der Waals surface area contributed by atoms with Crippen molar-refractivity contribution in [3.8, 4) is 17.2 Å². The Hall–Kier alpha value is -2.70. The molecule has 0 aromatic carbocycles. The smallest absolute Gasteiger partial charge is 0.213 e. The van der Waals surface area contributed by atoms with Gasteiger partial charge in [-0.15, -0.1) is 0 Å². The fourth-order valence-electron chi connectivity index (χ4n) is 3.60. The van der Waals surface area contributed by atoms with Crippen LogP contribution < -0.4 is 0 Å². The Balaban J connectivity index is 1.72. The van der Waals surface area contributed by atoms with E-state index >= 15 is 0 Å². The van der Waals surface area contributed by atoms with E-state index in [0.717, 1.165) is 22.2 Å². The summed E-state index contributed by atoms with van der Waals surface area (Å²) in [6, 6.07) is 6.16. The van der Waals surface area contributed by atoms with Gasteiger partial charge in [-0.3, -0.25) is 4.68 Å². The third-order valence-corrected chi connectivity index (χ3v) is 7.24. The number of hydrogen-bond donors (Lipinski definition) is 1. The molecular weight excluding hydrogens is 364 g/mol. The van der Waals surface area contributed by atoms with Gasteiger partial charge in [0.1, 0.15) is 11.2 Å². The van der Waals surface area contributed by atoms with E-state index < -0.39 is 15.6 Å². The molecule has 0 aliphatic carbocycles. The number of fused-ring (bicyclic) bond motifs is 1. The van der Waals surface area contributed by atoms with Crippen LogP contribution in [0.25, 0.3) is 22.2 Å². The molecule has 1 atom stereocenters. The van der Waals surface area contributed by atoms with Crippen molar-refractivity contribution in [2.75, 3.05) is 18.8 Å². The van der Waals surface area contributed by atoms with Crippen LogP contribution >= 0.6 is 0 Å². The normalized spacial score (nSPS) is 18.1. The van der Waals surface area contributed by atoms with Crippen LogP contribution in [0.4, 0.5) is 0 Å². The minimum absolute atomic E-state index is 0.0524. The summed E-state index contributed by atoms with van der Waals surface area (Å²) in [4.78, 5) is 7.39. The summed E-state index contributed by atoms with van der Waals surface area (Å²) in [5.41, 5.74) is 2.04. The van der Waals surface area contributed by atoms with Crippen molar-refractivity contribution in [3.05, 3.63) is 36.9 Å². The van der Waals surface area contributed by atoms with E-state index in [-0.39, 0.29) is 24.8 Å². The zero-order valence-corrected chi connectivity index (χ0v) is 15.9. The van der Waals surface area contributed by atoms with Crippen LogP contribution in [0.3, 0.4) is 0 Å². The van der Waals surface area contributed by atoms with Crippen molar-refractivity contribution >= 4 is 21.1 Å². The van der Waals surface area contributed by atoms with E-state index in [2.05, 4.69) is 21.1 Å². The Morgan fingerprint density at radius 2 is 2.19 bits per heavy atom. The molecule has 9 heteroatoms. The lowest BCUT2D eigenvalue weighted by Crippen LogP contribution is -2.67. The first kappa shape index (κ1) is 17.7. The van der Waals surface area contributed by atoms with E-state index in [1.54, 1.807) is 24.0 Å². The summed E-state index contributed by atoms with van der Waals surface area (Å²) in [5, 5.41) is 15.0. The molecule has 27 heavy (non-hydrogen) atoms. The maximum Gasteiger partial charge on any atom is 0.213 e. The number of nitriles is 1. The number of sulfonamides is 1. The SMILES string of the molecule is CCS(=O)(=O)N1CC(C(C)C#N)(n2cc(-c3ccnc4[nH]ccc34)cn2)C1. The molecule has 0 bridgehead atoms. The molecule has 8 nitrogen and oxygen atoms in total. The van der Waals surface area contributed by atoms with Crippen LogP contribution in [0.15, 0.2) is 36.9 Å². The summed E-state index contributed by atoms with van der Waals surface area (Å²) in [6.45, 7) is 3.96. The molecule has 1 saturated heterocycles. The zero-order valence-electron chi connectivity index (χ0n) is 15.1. The molecule has 0 saturated carbocycles. The van der Waals surface area contributed by atoms with Gasteiger partial charge < -0.3 is 4.98 Å². The summed E-state index contributed by atoms with van der Waals surface area (Å²) < 4.78 is 27.5. The van der Waals surface area contributed by atoms with Crippen molar-refractivity contribution < 1.29 is 8.42 Å². The average Bonchev–Trinajstić information content (AvgIpc) is 3.29. The molecule has 140 valence electrons. The van der Waals surface area contributed by atoms with Gasteiger partial charge >= 0.3 is 0 Å². The Kier molecular flexibility index (Phi) is 4.05. The standard InChI is InChI=1S/C18H20N6O2S/c1-3-27(25,26)23-11-18(12-23,13(2)8-19)24-10-14(9-22-24)15-4-6-20-17-16(15)5-7-21-17/h4-7,9-10,13H,3,11-12H2,1-2H3,(H,20,21). The summed E-state index contributed by atoms with van der Waals surface area (Å²) in [7, 11) is -3.28. The Bertz CT molecular complexity index is 1130. The van der Waals surface area contributed by atoms with Crippen LogP contribution in [0.2, 0.25) is 0 Å². The second kappa shape index (κ2) is 6.18. The molecule has 0 spiro atoms. The molecule has 0 amide bonds. The number of aromatic amines is 1. The van der Waals surface area contributed by atoms with E-state index in [4.69, 9.17) is 0 Å². The van der Waals surface area contributed by atoms with Crippen LogP contribution in [0.5, 0.6) is 0 Å². The number of hydrogen-bond acceptors (Lipinski definition) is 5. The van der Waals surface area contributed by atoms with Gasteiger partial charge in [0.15, 0.2) is 0 Å². The van der Waals surface area contributed by atoms with Gasteiger partial charge in [0.05, 0.1) is 23.9 Å². The van der Waals surface area contributed by atoms with Gasteiger partial charge in [-0.2, -0.15) is 14.7 Å². The zero-order chi connectivity index (χ0) is 19.2. The number of rotatable bonds is 5. The quantitative estimate of drug-likeness (QED) is 0.723. The van der Waals surface area contributed by atoms with E-state index in [9.17, 15) is 13.7 Å². The molecule has 3 aromatic heterocycles. The highest BCUT2D eigenvalue weighted by Gasteiger charge is 2.53. The van der Waals surface area contributed by atoms with Gasteiger partial charge in [0.25, 0.3) is 0 Å². The molecular formula is C18H20N6O2S. The van der Waals surface area contributed by atoms with E-state index in [1.165, 1.54) is 4.31 Å². The van der Waals surface area contributed by atoms with Crippen LogP contribution in [0, 0.1) is 17.2 Å². The summed E-state index contributed by atoms with van der Waals surface area (Å²) in [5.74, 6) is -0.324. The molecule has 1 aliphatic heterocycles. The maximum atomic E-state index is 12.2. The van der Waals surface area contributed by atoms with Crippen molar-refractivity contribution in [2.45, 2.75) is 19.4 Å². The lowest BCUT2D eigenvalue weighted by Gasteiger charge is -2.50. The van der Waals surface area contributed by atoms with Gasteiger partial charge in [0.2, 0.25) is 10.0 Å². The molecule has 0 radical (unpaired) electrons. The Morgan fingerprint density at radius 3 is 2.89 bits per heavy atom. The molecule has 1 aliphatic rings. The van der Waals surface area contributed by atoms with Crippen LogP contribution in [-0.2, 0) is 15.6 Å². The minimum atomic E-state index is -3.28. The molecule has 1 fully saturated rings. The maximum absolute atomic E-state index is 12.2. The molecule has 4 heterocycles. The van der Waals surface area contributed by atoms with Crippen molar-refractivity contribution in [3.63, 3.8) is 0 Å². The van der Waals surface area contributed by atoms with Crippen LogP contribution in [0.1, 0.15) is 13.8 Å². The van der Waals surface area contributed by atoms with E-state index in [1.807, 2.05) is 31.5 Å². The average molecular weight is 384 g/mol. The Morgan fingerprint density at radius 1 is 1.41 bits per heavy atom. The summed E-state index contributed by atoms with van der Waals surface area (Å²) in [6.07, 6.45) is 7.22. The van der Waals surface area contributed by atoms with Gasteiger partial charge in [0, 0.05) is 42.6 Å². The predicted molar refractivity (Wildman–Crippen MR) is 101 cm³/mol. The number of nitrogens with one attached hydrogen (secondary N) is 1. The van der Waals surface area contributed by atoms with Gasteiger partial charge in [-0.1, -0.05) is 0 Å². The van der Waals surface area contributed by atoms with E-state index in [0.29, 0.717) is 0 Å². The molecule has 4 rings (SSSR count). The second-order valence-electron chi connectivity index (χ2n) is 6.90. The van der Waals surface area contributed by atoms with Crippen molar-refractivity contribution in [1.82, 2.24) is 24.1 Å². The topological polar surface area (TPSA) is 108 Å². The highest BCUT2D eigenvalue weighted by molar-refractivity contribution is 7.89. The monoisotopic (exact) mass is 384 g/mol. The Labute approximate surface area is 157 Å². The first-order valence-corrected chi connectivity index (χ1v) is 10.4. The number of nitrogens with zero attached hydrogens (tertiary/aromatic N) is 5. The lowest BCUT2D eigenvalue weighted by molar-refractivity contribution is 0.0357. The predicted octanol–water partition coefficient (Wildman–Crippen LogP) is 1.95. The number of pyridine rings is 1. The fraction of sp³-hybridized carbons (Fsp3) is 0.389. The first-order chi connectivity index (χ1) is 12.9. The lowest BCUT2D eigenvalue weighted by atomic mass is 9.80. The second-order valence-corrected chi connectivity index (χ2v) is 9.15. The highest BCUT2D eigenvalue weighted by Crippen LogP contribution is 2.39. The van der Waals surface area contributed by atoms with Crippen LogP contribution in [-0.4, -0.2) is 51.3 Å². The van der Waals surface area contributed by atoms with Gasteiger partial charge in [-0.05, 0) is 31.5 Å². The fourth-order valence-corrected chi connectivity index (χ4v) is 4.80. The van der Waals surface area contributed by atoms with Crippen molar-refractivity contribution in [1.29, 1.82) is 5.26 Å². The van der Waals surface area contributed by atoms with Gasteiger partial charge in [-0.25, -0.2) is 13.4 Å². The highest BCUT2D eigenvalue weighted by atomic mass is 32.2. The number of H-pyrrole nitrogens is 1. The largest absolute Gasteiger partial charge is 0.346 e. The minimum Gasteiger partial charge on any atom is -0.346 e. The first-order valence-electron chi connectivity index (χ1n) is 8.76. The third-order valence-electron chi connectivity index (χ3n) is 5.47. The molecule has 1 unspecified atom stereocenters. The number of aromatic nitrogens is 4. The van der Waals surface area contributed by atoms with Crippen molar-refractivity contribution in [2.24, 2.45) is 5.92 Å². The molecule has 3 aromatic rings. The third kappa shape index (κ3) is 2.64. The molecule has 1 N–H and O–H groups in total. The summed E-state index contributed by atoms with van der Waals surface area (Å²) >= 11 is 0.